The molecule has 0 spiro atoms. The molecule has 1 aromatic heterocycles. The molecule has 0 N–H and O–H groups in total. The number of benzene rings is 1. The van der Waals surface area contributed by atoms with Crippen LogP contribution in [0.3, 0.4) is 0 Å². The topological polar surface area (TPSA) is 22.1 Å². The zero-order valence-electron chi connectivity index (χ0n) is 14.3. The molecule has 23 heavy (non-hydrogen) atoms. The van der Waals surface area contributed by atoms with Crippen molar-refractivity contribution in [2.24, 2.45) is 0 Å². The first-order chi connectivity index (χ1) is 11.3. The average Bonchev–Trinajstić information content (AvgIpc) is 2.60. The molecule has 0 fully saturated rings. The molecular formula is C21H27NO. The fraction of sp³-hybridized carbons (Fsp3) is 0.381. The SMILES string of the molecule is CC/C=C/Oc1ccc(-c2ccc(CCCCCC)cn2)cc1. The Bertz CT molecular complexity index is 584. The van der Waals surface area contributed by atoms with Crippen LogP contribution in [0.5, 0.6) is 5.75 Å². The van der Waals surface area contributed by atoms with Gasteiger partial charge in [-0.25, -0.2) is 0 Å². The summed E-state index contributed by atoms with van der Waals surface area (Å²) in [7, 11) is 0. The molecule has 2 aromatic rings. The van der Waals surface area contributed by atoms with Crippen LogP contribution in [-0.2, 0) is 6.42 Å². The van der Waals surface area contributed by atoms with Crippen molar-refractivity contribution in [2.45, 2.75) is 52.4 Å². The molecule has 1 aromatic carbocycles. The van der Waals surface area contributed by atoms with Crippen molar-refractivity contribution in [1.82, 2.24) is 4.98 Å². The lowest BCUT2D eigenvalue weighted by atomic mass is 10.1. The van der Waals surface area contributed by atoms with Gasteiger partial charge in [0, 0.05) is 11.8 Å². The van der Waals surface area contributed by atoms with Crippen LogP contribution in [0.4, 0.5) is 0 Å². The Morgan fingerprint density at radius 3 is 2.43 bits per heavy atom. The third-order valence-corrected chi connectivity index (χ3v) is 3.83. The van der Waals surface area contributed by atoms with Crippen molar-refractivity contribution in [1.29, 1.82) is 0 Å². The third kappa shape index (κ3) is 5.90. The zero-order valence-corrected chi connectivity index (χ0v) is 14.3. The van der Waals surface area contributed by atoms with E-state index in [1.54, 1.807) is 6.26 Å². The third-order valence-electron chi connectivity index (χ3n) is 3.83. The molecule has 2 heteroatoms. The van der Waals surface area contributed by atoms with Crippen molar-refractivity contribution in [3.63, 3.8) is 0 Å². The lowest BCUT2D eigenvalue weighted by molar-refractivity contribution is 0.479. The van der Waals surface area contributed by atoms with Crippen molar-refractivity contribution >= 4 is 0 Å². The van der Waals surface area contributed by atoms with E-state index in [0.717, 1.165) is 29.8 Å². The Kier molecular flexibility index (Phi) is 7.38. The van der Waals surface area contributed by atoms with Gasteiger partial charge < -0.3 is 4.74 Å². The van der Waals surface area contributed by atoms with E-state index in [9.17, 15) is 0 Å². The minimum Gasteiger partial charge on any atom is -0.465 e. The van der Waals surface area contributed by atoms with E-state index >= 15 is 0 Å². The van der Waals surface area contributed by atoms with Crippen LogP contribution < -0.4 is 4.74 Å². The fourth-order valence-corrected chi connectivity index (χ4v) is 2.43. The molecule has 1 heterocycles. The minimum absolute atomic E-state index is 0.853. The van der Waals surface area contributed by atoms with Crippen LogP contribution in [0, 0.1) is 0 Å². The maximum atomic E-state index is 5.52. The number of nitrogens with zero attached hydrogens (tertiary/aromatic N) is 1. The van der Waals surface area contributed by atoms with Crippen molar-refractivity contribution < 1.29 is 4.74 Å². The molecule has 0 saturated heterocycles. The Balaban J connectivity index is 1.92. The fourth-order valence-electron chi connectivity index (χ4n) is 2.43. The molecule has 0 bridgehead atoms. The van der Waals surface area contributed by atoms with E-state index in [4.69, 9.17) is 4.74 Å². The quantitative estimate of drug-likeness (QED) is 0.408. The molecule has 122 valence electrons. The predicted octanol–water partition coefficient (Wildman–Crippen LogP) is 6.17. The molecule has 0 saturated carbocycles. The largest absolute Gasteiger partial charge is 0.465 e. The normalized spacial score (nSPS) is 11.0. The summed E-state index contributed by atoms with van der Waals surface area (Å²) in [6.07, 6.45) is 13.0. The number of rotatable bonds is 9. The average molecular weight is 309 g/mol. The summed E-state index contributed by atoms with van der Waals surface area (Å²) in [6, 6.07) is 12.4. The van der Waals surface area contributed by atoms with Gasteiger partial charge in [0.1, 0.15) is 5.75 Å². The minimum atomic E-state index is 0.853. The number of unbranched alkanes of at least 4 members (excludes halogenated alkanes) is 3. The predicted molar refractivity (Wildman–Crippen MR) is 97.6 cm³/mol. The van der Waals surface area contributed by atoms with Crippen molar-refractivity contribution in [3.05, 3.63) is 60.5 Å². The summed E-state index contributed by atoms with van der Waals surface area (Å²) in [5.74, 6) is 0.853. The van der Waals surface area contributed by atoms with Gasteiger partial charge in [-0.15, -0.1) is 0 Å². The van der Waals surface area contributed by atoms with Crippen LogP contribution >= 0.6 is 0 Å². The first-order valence-electron chi connectivity index (χ1n) is 8.70. The molecule has 0 amide bonds. The van der Waals surface area contributed by atoms with E-state index in [1.165, 1.54) is 31.2 Å². The first kappa shape index (κ1) is 17.3. The monoisotopic (exact) mass is 309 g/mol. The Hall–Kier alpha value is -2.09. The summed E-state index contributed by atoms with van der Waals surface area (Å²) < 4.78 is 5.52. The molecule has 0 aliphatic heterocycles. The lowest BCUT2D eigenvalue weighted by Crippen LogP contribution is -1.90. The molecule has 0 unspecified atom stereocenters. The van der Waals surface area contributed by atoms with Crippen molar-refractivity contribution in [2.75, 3.05) is 0 Å². The van der Waals surface area contributed by atoms with E-state index < -0.39 is 0 Å². The van der Waals surface area contributed by atoms with E-state index in [0.29, 0.717) is 0 Å². The lowest BCUT2D eigenvalue weighted by Gasteiger charge is -2.05. The van der Waals surface area contributed by atoms with Crippen molar-refractivity contribution in [3.8, 4) is 17.0 Å². The van der Waals surface area contributed by atoms with Gasteiger partial charge in [0.25, 0.3) is 0 Å². The Morgan fingerprint density at radius 1 is 0.957 bits per heavy atom. The molecular weight excluding hydrogens is 282 g/mol. The van der Waals surface area contributed by atoms with E-state index in [2.05, 4.69) is 43.1 Å². The summed E-state index contributed by atoms with van der Waals surface area (Å²) in [6.45, 7) is 4.33. The summed E-state index contributed by atoms with van der Waals surface area (Å²) in [4.78, 5) is 4.60. The number of aryl methyl sites for hydroxylation is 1. The van der Waals surface area contributed by atoms with Gasteiger partial charge in [0.05, 0.1) is 12.0 Å². The second kappa shape index (κ2) is 9.83. The Morgan fingerprint density at radius 2 is 1.78 bits per heavy atom. The molecule has 0 aliphatic carbocycles. The maximum absolute atomic E-state index is 5.52. The summed E-state index contributed by atoms with van der Waals surface area (Å²) in [5, 5.41) is 0. The molecule has 0 aliphatic rings. The van der Waals surface area contributed by atoms with Gasteiger partial charge in [-0.05, 0) is 61.2 Å². The molecule has 0 radical (unpaired) electrons. The molecule has 2 rings (SSSR count). The highest BCUT2D eigenvalue weighted by Gasteiger charge is 2.01. The van der Waals surface area contributed by atoms with Gasteiger partial charge in [0.15, 0.2) is 0 Å². The van der Waals surface area contributed by atoms with Crippen LogP contribution in [0.15, 0.2) is 54.9 Å². The van der Waals surface area contributed by atoms with Crippen LogP contribution in [-0.4, -0.2) is 4.98 Å². The maximum Gasteiger partial charge on any atom is 0.126 e. The highest BCUT2D eigenvalue weighted by molar-refractivity contribution is 5.60. The number of pyridine rings is 1. The highest BCUT2D eigenvalue weighted by Crippen LogP contribution is 2.21. The summed E-state index contributed by atoms with van der Waals surface area (Å²) in [5.41, 5.74) is 3.46. The second-order valence-electron chi connectivity index (χ2n) is 5.78. The van der Waals surface area contributed by atoms with Gasteiger partial charge in [-0.2, -0.15) is 0 Å². The molecule has 2 nitrogen and oxygen atoms in total. The second-order valence-corrected chi connectivity index (χ2v) is 5.78. The number of allylic oxidation sites excluding steroid dienone is 1. The molecule has 0 atom stereocenters. The standard InChI is InChI=1S/C21H27NO/c1-3-5-7-8-9-18-10-15-21(22-17-18)19-11-13-20(14-12-19)23-16-6-4-2/h6,10-17H,3-5,7-9H2,1-2H3/b16-6+. The number of hydrogen-bond acceptors (Lipinski definition) is 2. The van der Waals surface area contributed by atoms with E-state index in [-0.39, 0.29) is 0 Å². The van der Waals surface area contributed by atoms with Gasteiger partial charge in [-0.1, -0.05) is 39.2 Å². The van der Waals surface area contributed by atoms with Gasteiger partial charge >= 0.3 is 0 Å². The van der Waals surface area contributed by atoms with Gasteiger partial charge in [0.2, 0.25) is 0 Å². The first-order valence-corrected chi connectivity index (χ1v) is 8.70. The van der Waals surface area contributed by atoms with E-state index in [1.807, 2.05) is 24.4 Å². The summed E-state index contributed by atoms with van der Waals surface area (Å²) >= 11 is 0. The Labute approximate surface area is 140 Å². The zero-order chi connectivity index (χ0) is 16.3. The van der Waals surface area contributed by atoms with Crippen LogP contribution in [0.1, 0.15) is 51.5 Å². The highest BCUT2D eigenvalue weighted by atomic mass is 16.5. The van der Waals surface area contributed by atoms with Gasteiger partial charge in [-0.3, -0.25) is 4.98 Å². The smallest absolute Gasteiger partial charge is 0.126 e. The number of hydrogen-bond donors (Lipinski definition) is 0. The number of aromatic nitrogens is 1. The number of ether oxygens (including phenoxy) is 1. The van der Waals surface area contributed by atoms with Crippen LogP contribution in [0.25, 0.3) is 11.3 Å². The van der Waals surface area contributed by atoms with Crippen LogP contribution in [0.2, 0.25) is 0 Å².